The number of piperidine rings is 1. The lowest BCUT2D eigenvalue weighted by molar-refractivity contribution is -0.124. The van der Waals surface area contributed by atoms with Gasteiger partial charge in [-0.05, 0) is 37.3 Å². The second-order valence-electron chi connectivity index (χ2n) is 6.66. The van der Waals surface area contributed by atoms with E-state index in [4.69, 9.17) is 5.73 Å². The van der Waals surface area contributed by atoms with Crippen LogP contribution in [0.2, 0.25) is 0 Å². The van der Waals surface area contributed by atoms with Crippen molar-refractivity contribution in [2.75, 3.05) is 26.2 Å². The molecule has 1 aliphatic heterocycles. The summed E-state index contributed by atoms with van der Waals surface area (Å²) in [7, 11) is 0. The fraction of sp³-hybridized carbons (Fsp3) is 0.929. The second-order valence-corrected chi connectivity index (χ2v) is 6.66. The molecule has 3 N–H and O–H groups in total. The van der Waals surface area contributed by atoms with E-state index in [1.54, 1.807) is 0 Å². The van der Waals surface area contributed by atoms with Gasteiger partial charge in [-0.1, -0.05) is 27.7 Å². The van der Waals surface area contributed by atoms with Crippen LogP contribution in [0.5, 0.6) is 0 Å². The molecule has 1 saturated heterocycles. The average Bonchev–Trinajstić information content (AvgIpc) is 2.29. The van der Waals surface area contributed by atoms with Crippen LogP contribution >= 0.6 is 0 Å². The van der Waals surface area contributed by atoms with Crippen molar-refractivity contribution in [2.24, 2.45) is 17.1 Å². The van der Waals surface area contributed by atoms with Gasteiger partial charge < -0.3 is 16.0 Å². The second kappa shape index (κ2) is 6.53. The summed E-state index contributed by atoms with van der Waals surface area (Å²) in [4.78, 5) is 14.2. The highest BCUT2D eigenvalue weighted by atomic mass is 16.2. The van der Waals surface area contributed by atoms with E-state index in [0.717, 1.165) is 25.6 Å². The molecular weight excluding hydrogens is 226 g/mol. The minimum absolute atomic E-state index is 0.0344. The van der Waals surface area contributed by atoms with Crippen molar-refractivity contribution in [3.63, 3.8) is 0 Å². The lowest BCUT2D eigenvalue weighted by Gasteiger charge is -2.30. The van der Waals surface area contributed by atoms with Gasteiger partial charge in [-0.2, -0.15) is 0 Å². The normalized spacial score (nSPS) is 20.7. The monoisotopic (exact) mass is 255 g/mol. The standard InChI is InChI=1S/C14H29N3O/c1-11-5-8-17(9-6-11)10-7-16-13(18)12(15)14(2,3)4/h11-12H,5-10,15H2,1-4H3,(H,16,18)/t12-/m1/s1. The minimum Gasteiger partial charge on any atom is -0.353 e. The van der Waals surface area contributed by atoms with Gasteiger partial charge in [0.05, 0.1) is 6.04 Å². The number of likely N-dealkylation sites (tertiary alicyclic amines) is 1. The van der Waals surface area contributed by atoms with Crippen LogP contribution in [0.15, 0.2) is 0 Å². The molecule has 106 valence electrons. The molecule has 0 aromatic rings. The first kappa shape index (κ1) is 15.4. The molecule has 18 heavy (non-hydrogen) atoms. The maximum atomic E-state index is 11.8. The van der Waals surface area contributed by atoms with Gasteiger partial charge in [0.2, 0.25) is 5.91 Å². The van der Waals surface area contributed by atoms with Crippen LogP contribution in [0.4, 0.5) is 0 Å². The largest absolute Gasteiger partial charge is 0.353 e. The van der Waals surface area contributed by atoms with Crippen LogP contribution in [-0.2, 0) is 4.79 Å². The van der Waals surface area contributed by atoms with Gasteiger partial charge >= 0.3 is 0 Å². The Balaban J connectivity index is 2.20. The zero-order valence-electron chi connectivity index (χ0n) is 12.3. The van der Waals surface area contributed by atoms with Crippen LogP contribution in [0.25, 0.3) is 0 Å². The molecule has 1 rings (SSSR count). The Kier molecular flexibility index (Phi) is 5.60. The summed E-state index contributed by atoms with van der Waals surface area (Å²) in [5.74, 6) is 0.818. The quantitative estimate of drug-likeness (QED) is 0.794. The number of hydrogen-bond acceptors (Lipinski definition) is 3. The molecule has 1 amide bonds. The van der Waals surface area contributed by atoms with E-state index in [9.17, 15) is 4.79 Å². The molecule has 4 nitrogen and oxygen atoms in total. The average molecular weight is 255 g/mol. The Hall–Kier alpha value is -0.610. The van der Waals surface area contributed by atoms with Gasteiger partial charge in [0.15, 0.2) is 0 Å². The number of hydrogen-bond donors (Lipinski definition) is 2. The summed E-state index contributed by atoms with van der Waals surface area (Å²) >= 11 is 0. The number of nitrogens with two attached hydrogens (primary N) is 1. The van der Waals surface area contributed by atoms with Crippen molar-refractivity contribution in [3.8, 4) is 0 Å². The number of carbonyl (C=O) groups excluding carboxylic acids is 1. The molecule has 4 heteroatoms. The van der Waals surface area contributed by atoms with Crippen LogP contribution in [0.1, 0.15) is 40.5 Å². The number of nitrogens with zero attached hydrogens (tertiary/aromatic N) is 1. The number of rotatable bonds is 4. The number of amides is 1. The summed E-state index contributed by atoms with van der Waals surface area (Å²) in [5, 5.41) is 2.94. The molecule has 0 spiro atoms. The van der Waals surface area contributed by atoms with Crippen LogP contribution < -0.4 is 11.1 Å². The predicted octanol–water partition coefficient (Wildman–Crippen LogP) is 1.21. The Bertz CT molecular complexity index is 265. The first-order chi connectivity index (χ1) is 8.30. The first-order valence-electron chi connectivity index (χ1n) is 7.06. The van der Waals surface area contributed by atoms with Gasteiger partial charge in [-0.15, -0.1) is 0 Å². The Labute approximate surface area is 111 Å². The highest BCUT2D eigenvalue weighted by Crippen LogP contribution is 2.17. The lowest BCUT2D eigenvalue weighted by atomic mass is 9.87. The molecular formula is C14H29N3O. The third kappa shape index (κ3) is 4.94. The Morgan fingerprint density at radius 2 is 1.94 bits per heavy atom. The lowest BCUT2D eigenvalue weighted by Crippen LogP contribution is -2.50. The van der Waals surface area contributed by atoms with Crippen molar-refractivity contribution in [1.82, 2.24) is 10.2 Å². The molecule has 0 aliphatic carbocycles. The zero-order valence-corrected chi connectivity index (χ0v) is 12.3. The maximum absolute atomic E-state index is 11.8. The van der Waals surface area contributed by atoms with Crippen molar-refractivity contribution < 1.29 is 4.79 Å². The molecule has 0 saturated carbocycles. The molecule has 1 aliphatic rings. The van der Waals surface area contributed by atoms with Gasteiger partial charge in [-0.3, -0.25) is 4.79 Å². The first-order valence-corrected chi connectivity index (χ1v) is 7.06. The topological polar surface area (TPSA) is 58.4 Å². The van der Waals surface area contributed by atoms with E-state index in [2.05, 4.69) is 17.1 Å². The fourth-order valence-corrected chi connectivity index (χ4v) is 2.13. The van der Waals surface area contributed by atoms with Gasteiger partial charge in [-0.25, -0.2) is 0 Å². The third-order valence-electron chi connectivity index (χ3n) is 3.82. The molecule has 1 atom stereocenters. The van der Waals surface area contributed by atoms with Crippen molar-refractivity contribution >= 4 is 5.91 Å². The predicted molar refractivity (Wildman–Crippen MR) is 75.3 cm³/mol. The summed E-state index contributed by atoms with van der Waals surface area (Å²) in [6, 6.07) is -0.432. The van der Waals surface area contributed by atoms with Crippen LogP contribution in [0, 0.1) is 11.3 Å². The van der Waals surface area contributed by atoms with Crippen molar-refractivity contribution in [2.45, 2.75) is 46.6 Å². The van der Waals surface area contributed by atoms with E-state index in [0.29, 0.717) is 6.54 Å². The van der Waals surface area contributed by atoms with E-state index in [1.807, 2.05) is 20.8 Å². The summed E-state index contributed by atoms with van der Waals surface area (Å²) in [6.07, 6.45) is 2.55. The minimum atomic E-state index is -0.432. The Morgan fingerprint density at radius 3 is 2.44 bits per heavy atom. The van der Waals surface area contributed by atoms with E-state index < -0.39 is 6.04 Å². The maximum Gasteiger partial charge on any atom is 0.237 e. The molecule has 1 fully saturated rings. The highest BCUT2D eigenvalue weighted by Gasteiger charge is 2.27. The summed E-state index contributed by atoms with van der Waals surface area (Å²) < 4.78 is 0. The van der Waals surface area contributed by atoms with E-state index >= 15 is 0 Å². The van der Waals surface area contributed by atoms with E-state index in [-0.39, 0.29) is 11.3 Å². The zero-order chi connectivity index (χ0) is 13.8. The molecule has 0 bridgehead atoms. The molecule has 0 unspecified atom stereocenters. The highest BCUT2D eigenvalue weighted by molar-refractivity contribution is 5.82. The van der Waals surface area contributed by atoms with Gasteiger partial charge in [0.25, 0.3) is 0 Å². The molecule has 0 aromatic carbocycles. The smallest absolute Gasteiger partial charge is 0.237 e. The molecule has 0 radical (unpaired) electrons. The number of nitrogens with one attached hydrogen (secondary N) is 1. The Morgan fingerprint density at radius 1 is 1.39 bits per heavy atom. The van der Waals surface area contributed by atoms with Crippen molar-refractivity contribution in [1.29, 1.82) is 0 Å². The molecule has 1 heterocycles. The number of carbonyl (C=O) groups is 1. The third-order valence-corrected chi connectivity index (χ3v) is 3.82. The SMILES string of the molecule is CC1CCN(CCNC(=O)[C@@H](N)C(C)(C)C)CC1. The molecule has 0 aromatic heterocycles. The summed E-state index contributed by atoms with van der Waals surface area (Å²) in [6.45, 7) is 12.2. The summed E-state index contributed by atoms with van der Waals surface area (Å²) in [5.41, 5.74) is 5.73. The van der Waals surface area contributed by atoms with Crippen LogP contribution in [0.3, 0.4) is 0 Å². The fourth-order valence-electron chi connectivity index (χ4n) is 2.13. The van der Waals surface area contributed by atoms with Gasteiger partial charge in [0, 0.05) is 13.1 Å². The van der Waals surface area contributed by atoms with Gasteiger partial charge in [0.1, 0.15) is 0 Å². The van der Waals surface area contributed by atoms with E-state index in [1.165, 1.54) is 12.8 Å². The van der Waals surface area contributed by atoms with Crippen LogP contribution in [-0.4, -0.2) is 43.0 Å². The van der Waals surface area contributed by atoms with Crippen molar-refractivity contribution in [3.05, 3.63) is 0 Å².